The zero-order valence-electron chi connectivity index (χ0n) is 14.8. The van der Waals surface area contributed by atoms with Gasteiger partial charge in [0, 0.05) is 17.5 Å². The van der Waals surface area contributed by atoms with Crippen molar-refractivity contribution in [2.75, 3.05) is 6.61 Å². The highest BCUT2D eigenvalue weighted by atomic mass is 32.2. The Morgan fingerprint density at radius 3 is 1.85 bits per heavy atom. The number of hydrogen-bond acceptors (Lipinski definition) is 4. The second-order valence-corrected chi connectivity index (χ2v) is 7.82. The van der Waals surface area contributed by atoms with E-state index in [2.05, 4.69) is 0 Å². The number of rotatable bonds is 2. The molecule has 1 rings (SSSR count). The van der Waals surface area contributed by atoms with Crippen molar-refractivity contribution in [3.63, 3.8) is 0 Å². The van der Waals surface area contributed by atoms with Crippen molar-refractivity contribution in [3.05, 3.63) is 34.9 Å². The fourth-order valence-electron chi connectivity index (χ4n) is 2.06. The summed E-state index contributed by atoms with van der Waals surface area (Å²) in [7, 11) is 0. The van der Waals surface area contributed by atoms with Gasteiger partial charge in [0.1, 0.15) is 0 Å². The van der Waals surface area contributed by atoms with Gasteiger partial charge in [0.2, 0.25) is 4.38 Å². The molecule has 0 bridgehead atoms. The van der Waals surface area contributed by atoms with Gasteiger partial charge in [-0.2, -0.15) is 26.3 Å². The summed E-state index contributed by atoms with van der Waals surface area (Å²) in [6.07, 6.45) is -10.3. The molecule has 0 aromatic heterocycles. The van der Waals surface area contributed by atoms with Gasteiger partial charge in [-0.05, 0) is 52.0 Å². The quantitative estimate of drug-likeness (QED) is 0.328. The first-order valence-electron chi connectivity index (χ1n) is 7.57. The van der Waals surface area contributed by atoms with Crippen LogP contribution in [0.2, 0.25) is 0 Å². The molecular weight excluding hydrogens is 416 g/mol. The molecule has 0 heterocycles. The summed E-state index contributed by atoms with van der Waals surface area (Å²) >= 11 is 5.36. The summed E-state index contributed by atoms with van der Waals surface area (Å²) in [5.41, 5.74) is -5.96. The van der Waals surface area contributed by atoms with Gasteiger partial charge >= 0.3 is 12.4 Å². The molecule has 0 aliphatic rings. The Hall–Kier alpha value is -1.49. The predicted octanol–water partition coefficient (Wildman–Crippen LogP) is 5.93. The number of hydrogen-bond donors (Lipinski definition) is 0. The average Bonchev–Trinajstić information content (AvgIpc) is 2.48. The molecule has 11 heteroatoms. The first-order valence-corrected chi connectivity index (χ1v) is 8.75. The van der Waals surface area contributed by atoms with Gasteiger partial charge in [0.05, 0.1) is 23.3 Å². The summed E-state index contributed by atoms with van der Waals surface area (Å²) < 4.78 is 85.5. The highest BCUT2D eigenvalue weighted by Gasteiger charge is 2.45. The number of nitrogens with zero attached hydrogens (tertiary/aromatic N) is 1. The zero-order chi connectivity index (χ0) is 21.2. The van der Waals surface area contributed by atoms with Crippen molar-refractivity contribution in [2.24, 2.45) is 0 Å². The van der Waals surface area contributed by atoms with Crippen LogP contribution in [0.5, 0.6) is 0 Å². The molecule has 1 amide bonds. The van der Waals surface area contributed by atoms with Crippen LogP contribution in [0, 0.1) is 0 Å². The molecule has 3 nitrogen and oxygen atoms in total. The third kappa shape index (κ3) is 6.00. The number of halogens is 6. The van der Waals surface area contributed by atoms with Crippen LogP contribution in [-0.2, 0) is 17.1 Å². The maximum atomic E-state index is 13.3. The van der Waals surface area contributed by atoms with Gasteiger partial charge in [-0.15, -0.1) is 0 Å². The Morgan fingerprint density at radius 1 is 1.07 bits per heavy atom. The number of ether oxygens (including phenoxy) is 1. The molecule has 0 aliphatic carbocycles. The summed E-state index contributed by atoms with van der Waals surface area (Å²) in [6, 6.07) is 1.49. The van der Waals surface area contributed by atoms with Gasteiger partial charge in [-0.1, -0.05) is 6.07 Å². The Bertz CT molecular complexity index is 678. The molecular formula is C16H17F6NO2S2. The molecule has 0 aliphatic heterocycles. The fourth-order valence-corrected chi connectivity index (χ4v) is 3.17. The third-order valence-corrected chi connectivity index (χ3v) is 4.62. The highest BCUT2D eigenvalue weighted by Crippen LogP contribution is 2.41. The maximum absolute atomic E-state index is 13.3. The predicted molar refractivity (Wildman–Crippen MR) is 94.2 cm³/mol. The van der Waals surface area contributed by atoms with Crippen LogP contribution < -0.4 is 0 Å². The zero-order valence-corrected chi connectivity index (χ0v) is 16.4. The first kappa shape index (κ1) is 23.5. The van der Waals surface area contributed by atoms with Crippen molar-refractivity contribution >= 4 is 34.5 Å². The summed E-state index contributed by atoms with van der Waals surface area (Å²) in [5, 5.41) is 0. The van der Waals surface area contributed by atoms with Crippen LogP contribution in [0.25, 0.3) is 0 Å². The van der Waals surface area contributed by atoms with E-state index < -0.39 is 40.5 Å². The lowest BCUT2D eigenvalue weighted by Gasteiger charge is -2.35. The number of thiocarbonyl (C=S) groups is 1. The van der Waals surface area contributed by atoms with Crippen LogP contribution in [0.15, 0.2) is 18.2 Å². The second-order valence-electron chi connectivity index (χ2n) is 6.27. The third-order valence-electron chi connectivity index (χ3n) is 3.11. The van der Waals surface area contributed by atoms with Gasteiger partial charge in [-0.3, -0.25) is 9.10 Å². The van der Waals surface area contributed by atoms with Crippen molar-refractivity contribution in [2.45, 2.75) is 45.6 Å². The molecule has 1 aromatic rings. The number of benzene rings is 1. The van der Waals surface area contributed by atoms with E-state index in [1.807, 2.05) is 0 Å². The molecule has 0 atom stereocenters. The second kappa shape index (κ2) is 8.26. The average molecular weight is 433 g/mol. The molecule has 0 unspecified atom stereocenters. The van der Waals surface area contributed by atoms with E-state index in [9.17, 15) is 31.1 Å². The lowest BCUT2D eigenvalue weighted by Crippen LogP contribution is -2.43. The van der Waals surface area contributed by atoms with E-state index in [1.54, 1.807) is 6.92 Å². The van der Waals surface area contributed by atoms with E-state index >= 15 is 0 Å². The van der Waals surface area contributed by atoms with E-state index in [1.165, 1.54) is 20.8 Å². The number of carbonyl (C=O) groups is 1. The first-order chi connectivity index (χ1) is 12.1. The van der Waals surface area contributed by atoms with Crippen LogP contribution in [0.3, 0.4) is 0 Å². The molecule has 0 saturated heterocycles. The number of amides is 1. The van der Waals surface area contributed by atoms with Crippen molar-refractivity contribution < 1.29 is 35.9 Å². The number of alkyl halides is 6. The minimum Gasteiger partial charge on any atom is -0.478 e. The van der Waals surface area contributed by atoms with Crippen LogP contribution in [0.1, 0.15) is 49.2 Å². The standard InChI is InChI=1S/C16H17F6NO2S2/c1-5-25-13(26)27-23(14(2,3)4)12(24)11-9(15(17,18)19)7-6-8-10(11)16(20,21)22/h6-8H,5H2,1-4H3. The smallest absolute Gasteiger partial charge is 0.417 e. The SMILES string of the molecule is CCOC(=S)SN(C(=O)c1c(C(F)(F)F)cccc1C(F)(F)F)C(C)(C)C. The Labute approximate surface area is 162 Å². The van der Waals surface area contributed by atoms with Gasteiger partial charge in [-0.25, -0.2) is 0 Å². The monoisotopic (exact) mass is 433 g/mol. The largest absolute Gasteiger partial charge is 0.478 e. The van der Waals surface area contributed by atoms with Crippen molar-refractivity contribution in [1.29, 1.82) is 0 Å². The lowest BCUT2D eigenvalue weighted by molar-refractivity contribution is -0.143. The minimum atomic E-state index is -5.15. The maximum Gasteiger partial charge on any atom is 0.417 e. The Balaban J connectivity index is 3.63. The lowest BCUT2D eigenvalue weighted by atomic mass is 9.97. The van der Waals surface area contributed by atoms with Gasteiger partial charge < -0.3 is 4.74 Å². The summed E-state index contributed by atoms with van der Waals surface area (Å²) in [6.45, 7) is 6.09. The van der Waals surface area contributed by atoms with Crippen molar-refractivity contribution in [3.8, 4) is 0 Å². The molecule has 0 spiro atoms. The van der Waals surface area contributed by atoms with Gasteiger partial charge in [0.25, 0.3) is 5.91 Å². The van der Waals surface area contributed by atoms with E-state index in [0.29, 0.717) is 30.1 Å². The molecule has 0 saturated carbocycles. The topological polar surface area (TPSA) is 29.5 Å². The van der Waals surface area contributed by atoms with E-state index in [4.69, 9.17) is 17.0 Å². The van der Waals surface area contributed by atoms with Crippen LogP contribution >= 0.6 is 24.2 Å². The normalized spacial score (nSPS) is 12.7. The van der Waals surface area contributed by atoms with E-state index in [0.717, 1.165) is 4.31 Å². The molecule has 0 N–H and O–H groups in total. The Morgan fingerprint density at radius 2 is 1.52 bits per heavy atom. The fraction of sp³-hybridized carbons (Fsp3) is 0.500. The molecule has 1 aromatic carbocycles. The van der Waals surface area contributed by atoms with Crippen LogP contribution in [-0.4, -0.2) is 26.7 Å². The number of carbonyl (C=O) groups excluding carboxylic acids is 1. The summed E-state index contributed by atoms with van der Waals surface area (Å²) in [4.78, 5) is 12.9. The van der Waals surface area contributed by atoms with Crippen molar-refractivity contribution in [1.82, 2.24) is 4.31 Å². The molecule has 0 fully saturated rings. The summed E-state index contributed by atoms with van der Waals surface area (Å²) in [5.74, 6) is -1.46. The molecule has 152 valence electrons. The van der Waals surface area contributed by atoms with E-state index in [-0.39, 0.29) is 11.0 Å². The Kier molecular flexibility index (Phi) is 7.20. The molecule has 0 radical (unpaired) electrons. The van der Waals surface area contributed by atoms with Gasteiger partial charge in [0.15, 0.2) is 0 Å². The molecule has 27 heavy (non-hydrogen) atoms. The minimum absolute atomic E-state index is 0.130. The highest BCUT2D eigenvalue weighted by molar-refractivity contribution is 8.21. The van der Waals surface area contributed by atoms with Crippen LogP contribution in [0.4, 0.5) is 26.3 Å².